The molecule has 2 N–H and O–H groups in total. The van der Waals surface area contributed by atoms with Gasteiger partial charge in [0.15, 0.2) is 0 Å². The van der Waals surface area contributed by atoms with Crippen LogP contribution in [0.2, 0.25) is 0 Å². The van der Waals surface area contributed by atoms with Gasteiger partial charge in [0.25, 0.3) is 17.7 Å². The van der Waals surface area contributed by atoms with Crippen LogP contribution in [0.15, 0.2) is 48.5 Å². The van der Waals surface area contributed by atoms with E-state index in [2.05, 4.69) is 5.32 Å². The third-order valence-electron chi connectivity index (χ3n) is 8.07. The van der Waals surface area contributed by atoms with Crippen LogP contribution in [0, 0.1) is 0 Å². The fraction of sp³-hybridized carbons (Fsp3) is 0.483. The van der Waals surface area contributed by atoms with E-state index in [0.717, 1.165) is 16.3 Å². The molecular weight excluding hydrogens is 470 g/mol. The van der Waals surface area contributed by atoms with E-state index < -0.39 is 40.2 Å². The minimum Gasteiger partial charge on any atom is -0.389 e. The molecular formula is C29H37N3O5. The molecule has 37 heavy (non-hydrogen) atoms. The van der Waals surface area contributed by atoms with Gasteiger partial charge in [0, 0.05) is 17.9 Å². The third kappa shape index (κ3) is 4.22. The number of carbonyl (C=O) groups is 3. The van der Waals surface area contributed by atoms with E-state index in [1.807, 2.05) is 52.0 Å². The number of anilines is 2. The number of ether oxygens (including phenoxy) is 1. The predicted octanol–water partition coefficient (Wildman–Crippen LogP) is 4.23. The zero-order valence-corrected chi connectivity index (χ0v) is 22.9. The molecule has 0 spiro atoms. The van der Waals surface area contributed by atoms with Gasteiger partial charge in [0.1, 0.15) is 5.60 Å². The van der Waals surface area contributed by atoms with Gasteiger partial charge >= 0.3 is 0 Å². The van der Waals surface area contributed by atoms with Crippen molar-refractivity contribution in [1.82, 2.24) is 4.90 Å². The second-order valence-electron chi connectivity index (χ2n) is 11.9. The first-order valence-electron chi connectivity index (χ1n) is 12.6. The zero-order valence-electron chi connectivity index (χ0n) is 22.9. The van der Waals surface area contributed by atoms with Crippen molar-refractivity contribution in [3.63, 3.8) is 0 Å². The number of fused-ring (bicyclic) bond motifs is 1. The Bertz CT molecular complexity index is 1210. The van der Waals surface area contributed by atoms with Crippen molar-refractivity contribution in [3.8, 4) is 0 Å². The first-order valence-corrected chi connectivity index (χ1v) is 12.6. The van der Waals surface area contributed by atoms with Crippen molar-refractivity contribution in [3.05, 3.63) is 59.7 Å². The number of imide groups is 1. The van der Waals surface area contributed by atoms with Gasteiger partial charge in [-0.2, -0.15) is 0 Å². The second kappa shape index (κ2) is 8.67. The van der Waals surface area contributed by atoms with Gasteiger partial charge in [-0.25, -0.2) is 0 Å². The number of hydrogen-bond donors (Lipinski definition) is 2. The Morgan fingerprint density at radius 3 is 1.92 bits per heavy atom. The summed E-state index contributed by atoms with van der Waals surface area (Å²) in [6.07, 6.45) is -1.03. The molecule has 2 aromatic rings. The van der Waals surface area contributed by atoms with Crippen molar-refractivity contribution in [2.75, 3.05) is 16.8 Å². The molecule has 8 nitrogen and oxygen atoms in total. The minimum absolute atomic E-state index is 0.113. The quantitative estimate of drug-likeness (QED) is 0.568. The van der Waals surface area contributed by atoms with Crippen molar-refractivity contribution in [2.24, 2.45) is 0 Å². The van der Waals surface area contributed by atoms with E-state index in [1.165, 1.54) is 0 Å². The molecule has 2 aliphatic rings. The maximum atomic E-state index is 13.3. The lowest BCUT2D eigenvalue weighted by molar-refractivity contribution is -0.191. The molecule has 0 unspecified atom stereocenters. The molecule has 1 saturated heterocycles. The Labute approximate surface area is 218 Å². The highest BCUT2D eigenvalue weighted by atomic mass is 16.5. The van der Waals surface area contributed by atoms with Gasteiger partial charge < -0.3 is 20.1 Å². The number of benzene rings is 2. The summed E-state index contributed by atoms with van der Waals surface area (Å²) in [5.74, 6) is -0.925. The highest BCUT2D eigenvalue weighted by Gasteiger charge is 2.56. The van der Waals surface area contributed by atoms with Crippen LogP contribution in [-0.4, -0.2) is 62.7 Å². The summed E-state index contributed by atoms with van der Waals surface area (Å²) in [6.45, 7) is 15.0. The van der Waals surface area contributed by atoms with Crippen LogP contribution < -0.4 is 10.2 Å². The number of carbonyl (C=O) groups excluding carboxylic acids is 3. The van der Waals surface area contributed by atoms with Crippen LogP contribution in [0.5, 0.6) is 0 Å². The van der Waals surface area contributed by atoms with Gasteiger partial charge in [-0.3, -0.25) is 19.3 Å². The number of hydrogen-bond acceptors (Lipinski definition) is 6. The number of rotatable bonds is 6. The Morgan fingerprint density at radius 1 is 0.892 bits per heavy atom. The molecule has 1 atom stereocenters. The molecule has 198 valence electrons. The summed E-state index contributed by atoms with van der Waals surface area (Å²) in [5, 5.41) is 14.2. The molecule has 0 aliphatic carbocycles. The maximum Gasteiger partial charge on any atom is 0.262 e. The first-order chi connectivity index (χ1) is 17.0. The van der Waals surface area contributed by atoms with Crippen LogP contribution in [-0.2, 0) is 9.53 Å². The van der Waals surface area contributed by atoms with Gasteiger partial charge in [0.05, 0.1) is 33.9 Å². The lowest BCUT2D eigenvalue weighted by Crippen LogP contribution is -2.72. The summed E-state index contributed by atoms with van der Waals surface area (Å²) in [5.41, 5.74) is -1.10. The standard InChI is InChI=1S/C29H37N3O5/c1-26(2,32-23(34)20-11-9-10-12-21(20)24(32)35)22(33)17-30-18-13-15-19(16-14-18)31-25(36)27(3,4)37-29(7,8)28(31,5)6/h9-16,22,30,33H,17H2,1-8H3/t22-/m1/s1. The predicted molar refractivity (Wildman–Crippen MR) is 143 cm³/mol. The Hall–Kier alpha value is -3.23. The summed E-state index contributed by atoms with van der Waals surface area (Å²) in [7, 11) is 0. The monoisotopic (exact) mass is 507 g/mol. The van der Waals surface area contributed by atoms with E-state index in [4.69, 9.17) is 4.74 Å². The van der Waals surface area contributed by atoms with Crippen LogP contribution >= 0.6 is 0 Å². The fourth-order valence-electron chi connectivity index (χ4n) is 5.09. The van der Waals surface area contributed by atoms with Gasteiger partial charge in [0.2, 0.25) is 0 Å². The molecule has 4 rings (SSSR count). The maximum absolute atomic E-state index is 13.3. The lowest BCUT2D eigenvalue weighted by Gasteiger charge is -2.57. The Kier molecular flexibility index (Phi) is 6.28. The number of nitrogens with one attached hydrogen (secondary N) is 1. The number of morpholine rings is 1. The van der Waals surface area contributed by atoms with Crippen LogP contribution in [0.1, 0.15) is 76.1 Å². The first kappa shape index (κ1) is 26.8. The van der Waals surface area contributed by atoms with Gasteiger partial charge in [-0.05, 0) is 91.8 Å². The van der Waals surface area contributed by atoms with Crippen molar-refractivity contribution >= 4 is 29.1 Å². The minimum atomic E-state index is -1.14. The molecule has 0 bridgehead atoms. The molecule has 0 radical (unpaired) electrons. The molecule has 0 aromatic heterocycles. The molecule has 2 aromatic carbocycles. The average molecular weight is 508 g/mol. The van der Waals surface area contributed by atoms with Crippen LogP contribution in [0.4, 0.5) is 11.4 Å². The van der Waals surface area contributed by atoms with E-state index in [9.17, 15) is 19.5 Å². The number of aliphatic hydroxyl groups is 1. The van der Waals surface area contributed by atoms with Gasteiger partial charge in [-0.1, -0.05) is 12.1 Å². The molecule has 3 amide bonds. The molecule has 1 fully saturated rings. The number of aliphatic hydroxyl groups excluding tert-OH is 1. The molecule has 0 saturated carbocycles. The molecule has 2 aliphatic heterocycles. The van der Waals surface area contributed by atoms with Crippen molar-refractivity contribution in [2.45, 2.75) is 83.8 Å². The Morgan fingerprint density at radius 2 is 1.41 bits per heavy atom. The third-order valence-corrected chi connectivity index (χ3v) is 8.07. The second-order valence-corrected chi connectivity index (χ2v) is 11.9. The number of amides is 3. The van der Waals surface area contributed by atoms with E-state index in [1.54, 1.807) is 56.9 Å². The molecule has 2 heterocycles. The molecule has 8 heteroatoms. The zero-order chi connectivity index (χ0) is 27.6. The van der Waals surface area contributed by atoms with Crippen molar-refractivity contribution < 1.29 is 24.2 Å². The van der Waals surface area contributed by atoms with Crippen LogP contribution in [0.25, 0.3) is 0 Å². The van der Waals surface area contributed by atoms with E-state index >= 15 is 0 Å². The topological polar surface area (TPSA) is 99.2 Å². The average Bonchev–Trinajstić information content (AvgIpc) is 3.07. The highest BCUT2D eigenvalue weighted by Crippen LogP contribution is 2.44. The lowest BCUT2D eigenvalue weighted by atomic mass is 9.79. The summed E-state index contributed by atoms with van der Waals surface area (Å²) in [4.78, 5) is 42.1. The smallest absolute Gasteiger partial charge is 0.262 e. The normalized spacial score (nSPS) is 21.2. The van der Waals surface area contributed by atoms with Gasteiger partial charge in [-0.15, -0.1) is 0 Å². The summed E-state index contributed by atoms with van der Waals surface area (Å²) < 4.78 is 6.16. The summed E-state index contributed by atoms with van der Waals surface area (Å²) >= 11 is 0. The fourth-order valence-corrected chi connectivity index (χ4v) is 5.09. The SMILES string of the molecule is CC1(C)OC(C)(C)C(C)(C)N(c2ccc(NC[C@@H](O)C(C)(C)N3C(=O)c4ccccc4C3=O)cc2)C1=O. The number of nitrogens with zero attached hydrogens (tertiary/aromatic N) is 2. The van der Waals surface area contributed by atoms with Crippen LogP contribution in [0.3, 0.4) is 0 Å². The highest BCUT2D eigenvalue weighted by molar-refractivity contribution is 6.21. The largest absolute Gasteiger partial charge is 0.389 e. The van der Waals surface area contributed by atoms with Crippen molar-refractivity contribution in [1.29, 1.82) is 0 Å². The van der Waals surface area contributed by atoms with E-state index in [-0.39, 0.29) is 12.5 Å². The Balaban J connectivity index is 1.48. The van der Waals surface area contributed by atoms with E-state index in [0.29, 0.717) is 11.1 Å². The summed E-state index contributed by atoms with van der Waals surface area (Å²) in [6, 6.07) is 14.1.